The lowest BCUT2D eigenvalue weighted by molar-refractivity contribution is 0.135. The summed E-state index contributed by atoms with van der Waals surface area (Å²) in [6.45, 7) is 1.52. The van der Waals surface area contributed by atoms with Crippen LogP contribution in [0, 0.1) is 0 Å². The molecule has 0 rings (SSSR count). The highest BCUT2D eigenvalue weighted by molar-refractivity contribution is 7.54. The van der Waals surface area contributed by atoms with Crippen molar-refractivity contribution in [3.8, 4) is 0 Å². The van der Waals surface area contributed by atoms with Crippen LogP contribution in [-0.2, 0) is 13.6 Å². The van der Waals surface area contributed by atoms with E-state index in [4.69, 9.17) is 5.11 Å². The minimum Gasteiger partial charge on any atom is -0.449 e. The van der Waals surface area contributed by atoms with Crippen molar-refractivity contribution in [2.45, 2.75) is 6.92 Å². The molecule has 0 amide bonds. The summed E-state index contributed by atoms with van der Waals surface area (Å²) in [5, 5.41) is 8.04. The van der Waals surface area contributed by atoms with E-state index in [1.54, 1.807) is 0 Å². The molecule has 1 atom stereocenters. The third kappa shape index (κ3) is 2.85. The van der Waals surface area contributed by atoms with Gasteiger partial charge in [-0.25, -0.2) is 9.36 Å². The molecule has 0 spiro atoms. The Bertz CT molecular complexity index is 157. The van der Waals surface area contributed by atoms with Crippen molar-refractivity contribution in [3.05, 3.63) is 0 Å². The van der Waals surface area contributed by atoms with Crippen LogP contribution >= 0.6 is 7.60 Å². The second-order valence-electron chi connectivity index (χ2n) is 1.47. The molecule has 5 nitrogen and oxygen atoms in total. The van der Waals surface area contributed by atoms with E-state index in [9.17, 15) is 9.36 Å². The molecule has 0 heterocycles. The molecule has 0 saturated carbocycles. The molecule has 0 aromatic heterocycles. The monoisotopic (exact) mass is 168 g/mol. The van der Waals surface area contributed by atoms with Crippen molar-refractivity contribution in [2.24, 2.45) is 0 Å². The number of rotatable bonds is 3. The normalized spacial score (nSPS) is 15.8. The molecule has 0 fully saturated rings. The van der Waals surface area contributed by atoms with E-state index in [0.29, 0.717) is 0 Å². The first-order valence-corrected chi connectivity index (χ1v) is 4.34. The van der Waals surface area contributed by atoms with Crippen molar-refractivity contribution >= 4 is 13.8 Å². The van der Waals surface area contributed by atoms with Gasteiger partial charge in [0.2, 0.25) is 0 Å². The Morgan fingerprint density at radius 3 is 2.30 bits per heavy atom. The quantitative estimate of drug-likeness (QED) is 0.647. The number of hydrogen-bond donors (Lipinski definition) is 1. The zero-order chi connectivity index (χ0) is 8.20. The molecular weight excluding hydrogens is 159 g/mol. The van der Waals surface area contributed by atoms with Crippen molar-refractivity contribution in [2.75, 3.05) is 13.3 Å². The summed E-state index contributed by atoms with van der Waals surface area (Å²) in [6, 6.07) is 0. The third-order valence-corrected chi connectivity index (χ3v) is 2.65. The lowest BCUT2D eigenvalue weighted by Gasteiger charge is -2.10. The van der Waals surface area contributed by atoms with E-state index < -0.39 is 13.8 Å². The highest BCUT2D eigenvalue weighted by atomic mass is 31.2. The first kappa shape index (κ1) is 9.46. The van der Waals surface area contributed by atoms with Gasteiger partial charge in [-0.15, -0.1) is 0 Å². The SMILES string of the molecule is CCP(=O)(OC)OC(=O)O. The van der Waals surface area contributed by atoms with Gasteiger partial charge in [0.25, 0.3) is 0 Å². The fourth-order valence-electron chi connectivity index (χ4n) is 0.350. The van der Waals surface area contributed by atoms with Crippen LogP contribution in [0.5, 0.6) is 0 Å². The minimum atomic E-state index is -3.34. The minimum absolute atomic E-state index is 0.0514. The summed E-state index contributed by atoms with van der Waals surface area (Å²) in [7, 11) is -2.19. The van der Waals surface area contributed by atoms with Crippen LogP contribution in [0.25, 0.3) is 0 Å². The van der Waals surface area contributed by atoms with Crippen LogP contribution in [0.3, 0.4) is 0 Å². The average molecular weight is 168 g/mol. The van der Waals surface area contributed by atoms with Crippen molar-refractivity contribution < 1.29 is 23.5 Å². The summed E-state index contributed by atoms with van der Waals surface area (Å²) in [5.74, 6) is 0. The number of hydrogen-bond acceptors (Lipinski definition) is 4. The zero-order valence-corrected chi connectivity index (χ0v) is 6.63. The van der Waals surface area contributed by atoms with Gasteiger partial charge in [0, 0.05) is 7.11 Å². The van der Waals surface area contributed by atoms with Gasteiger partial charge in [-0.2, -0.15) is 0 Å². The lowest BCUT2D eigenvalue weighted by atomic mass is 11.0. The van der Waals surface area contributed by atoms with Crippen molar-refractivity contribution in [1.82, 2.24) is 0 Å². The topological polar surface area (TPSA) is 72.8 Å². The molecule has 0 aromatic rings. The van der Waals surface area contributed by atoms with Gasteiger partial charge in [0.1, 0.15) is 0 Å². The summed E-state index contributed by atoms with van der Waals surface area (Å²) >= 11 is 0. The molecule has 0 aliphatic heterocycles. The van der Waals surface area contributed by atoms with E-state index in [0.717, 1.165) is 7.11 Å². The highest BCUT2D eigenvalue weighted by Crippen LogP contribution is 2.46. The predicted molar refractivity (Wildman–Crippen MR) is 34.3 cm³/mol. The van der Waals surface area contributed by atoms with Gasteiger partial charge in [0.05, 0.1) is 6.16 Å². The summed E-state index contributed by atoms with van der Waals surface area (Å²) in [4.78, 5) is 9.86. The Kier molecular flexibility index (Phi) is 3.39. The summed E-state index contributed by atoms with van der Waals surface area (Å²) in [5.41, 5.74) is 0. The number of carboxylic acid groups (broad SMARTS) is 1. The van der Waals surface area contributed by atoms with E-state index in [1.807, 2.05) is 0 Å². The molecule has 0 aliphatic rings. The first-order chi connectivity index (χ1) is 4.54. The van der Waals surface area contributed by atoms with Crippen LogP contribution in [0.1, 0.15) is 6.92 Å². The first-order valence-electron chi connectivity index (χ1n) is 2.61. The second kappa shape index (κ2) is 3.58. The fraction of sp³-hybridized carbons (Fsp3) is 0.750. The van der Waals surface area contributed by atoms with Gasteiger partial charge in [-0.05, 0) is 0 Å². The van der Waals surface area contributed by atoms with Gasteiger partial charge in [0.15, 0.2) is 0 Å². The van der Waals surface area contributed by atoms with Crippen LogP contribution in [0.2, 0.25) is 0 Å². The van der Waals surface area contributed by atoms with Gasteiger partial charge in [-0.1, -0.05) is 6.92 Å². The fourth-order valence-corrected chi connectivity index (χ4v) is 1.05. The molecule has 0 aliphatic carbocycles. The Labute approximate surface area is 58.5 Å². The molecule has 10 heavy (non-hydrogen) atoms. The zero-order valence-electron chi connectivity index (χ0n) is 5.73. The molecule has 6 heteroatoms. The molecule has 0 bridgehead atoms. The molecule has 60 valence electrons. The van der Waals surface area contributed by atoms with E-state index in [2.05, 4.69) is 9.05 Å². The third-order valence-electron chi connectivity index (χ3n) is 0.883. The smallest absolute Gasteiger partial charge is 0.449 e. The molecular formula is C4H9O5P. The Morgan fingerprint density at radius 1 is 1.70 bits per heavy atom. The van der Waals surface area contributed by atoms with Gasteiger partial charge >= 0.3 is 13.8 Å². The van der Waals surface area contributed by atoms with Crippen LogP contribution in [-0.4, -0.2) is 24.5 Å². The Hall–Kier alpha value is -0.540. The largest absolute Gasteiger partial charge is 0.512 e. The second-order valence-corrected chi connectivity index (χ2v) is 3.87. The molecule has 0 radical (unpaired) electrons. The van der Waals surface area contributed by atoms with E-state index >= 15 is 0 Å². The van der Waals surface area contributed by atoms with Crippen LogP contribution < -0.4 is 0 Å². The Morgan fingerprint density at radius 2 is 2.20 bits per heavy atom. The maximum absolute atomic E-state index is 10.9. The van der Waals surface area contributed by atoms with Gasteiger partial charge < -0.3 is 14.2 Å². The predicted octanol–water partition coefficient (Wildman–Crippen LogP) is 1.54. The maximum Gasteiger partial charge on any atom is 0.512 e. The van der Waals surface area contributed by atoms with E-state index in [-0.39, 0.29) is 6.16 Å². The lowest BCUT2D eigenvalue weighted by Crippen LogP contribution is -2.01. The standard InChI is InChI=1S/C4H9O5P/c1-3-10(7,8-2)9-4(5)6/h3H2,1-2H3,(H,5,6). The molecule has 0 aromatic carbocycles. The van der Waals surface area contributed by atoms with Crippen molar-refractivity contribution in [3.63, 3.8) is 0 Å². The van der Waals surface area contributed by atoms with Crippen molar-refractivity contribution in [1.29, 1.82) is 0 Å². The van der Waals surface area contributed by atoms with Gasteiger partial charge in [-0.3, -0.25) is 0 Å². The van der Waals surface area contributed by atoms with E-state index in [1.165, 1.54) is 6.92 Å². The molecule has 1 N–H and O–H groups in total. The summed E-state index contributed by atoms with van der Waals surface area (Å²) < 4.78 is 19.3. The Balaban J connectivity index is 4.07. The molecule has 0 saturated heterocycles. The maximum atomic E-state index is 10.9. The van der Waals surface area contributed by atoms with Crippen LogP contribution in [0.4, 0.5) is 4.79 Å². The highest BCUT2D eigenvalue weighted by Gasteiger charge is 2.23. The summed E-state index contributed by atoms with van der Waals surface area (Å²) in [6.07, 6.45) is -1.53. The number of carbonyl (C=O) groups is 1. The average Bonchev–Trinajstić information content (AvgIpc) is 1.87. The molecule has 1 unspecified atom stereocenters. The van der Waals surface area contributed by atoms with Crippen LogP contribution in [0.15, 0.2) is 0 Å².